The Kier molecular flexibility index (Phi) is 10.7. The second-order valence-electron chi connectivity index (χ2n) is 17.9. The highest BCUT2D eigenvalue weighted by Gasteiger charge is 2.22. The van der Waals surface area contributed by atoms with Crippen molar-refractivity contribution in [3.8, 4) is 44.9 Å². The molecule has 0 saturated carbocycles. The van der Waals surface area contributed by atoms with Crippen LogP contribution in [0, 0.1) is 0 Å². The summed E-state index contributed by atoms with van der Waals surface area (Å²) in [7, 11) is 3.40. The summed E-state index contributed by atoms with van der Waals surface area (Å²) in [6, 6.07) is 80.0. The average molecular weight is 948 g/mol. The molecule has 0 N–H and O–H groups in total. The molecule has 6 nitrogen and oxygen atoms in total. The molecular weight excluding hydrogens is 903 g/mol. The van der Waals surface area contributed by atoms with E-state index in [-0.39, 0.29) is 0 Å². The van der Waals surface area contributed by atoms with Crippen molar-refractivity contribution in [1.82, 2.24) is 4.98 Å². The maximum Gasteiger partial charge on any atom is 0.136 e. The van der Waals surface area contributed by atoms with E-state index in [1.807, 2.05) is 54.1 Å². The lowest BCUT2D eigenvalue weighted by Gasteiger charge is -2.30. The van der Waals surface area contributed by atoms with Crippen LogP contribution in [0.25, 0.3) is 86.3 Å². The van der Waals surface area contributed by atoms with Gasteiger partial charge < -0.3 is 23.7 Å². The molecule has 0 amide bonds. The molecule has 0 aliphatic rings. The van der Waals surface area contributed by atoms with Crippen molar-refractivity contribution in [2.75, 3.05) is 24.0 Å². The molecule has 344 valence electrons. The number of thiophene rings is 1. The fraction of sp³-hybridized carbons (Fsp3) is 0.0308. The molecule has 0 aliphatic carbocycles. The topological polar surface area (TPSA) is 51.0 Å². The zero-order valence-corrected chi connectivity index (χ0v) is 40.3. The number of hydrogen-bond donors (Lipinski definition) is 0. The lowest BCUT2D eigenvalue weighted by Crippen LogP contribution is -2.13. The summed E-state index contributed by atoms with van der Waals surface area (Å²) in [6.45, 7) is 0. The van der Waals surface area contributed by atoms with E-state index >= 15 is 0 Å². The van der Waals surface area contributed by atoms with Crippen molar-refractivity contribution in [3.05, 3.63) is 237 Å². The van der Waals surface area contributed by atoms with E-state index in [0.29, 0.717) is 0 Å². The molecule has 7 heteroatoms. The smallest absolute Gasteiger partial charge is 0.136 e. The Bertz CT molecular complexity index is 4080. The summed E-state index contributed by atoms with van der Waals surface area (Å²) in [6.07, 6.45) is 3.73. The largest absolute Gasteiger partial charge is 0.497 e. The van der Waals surface area contributed by atoms with Crippen LogP contribution in [0.2, 0.25) is 0 Å². The van der Waals surface area contributed by atoms with E-state index in [9.17, 15) is 0 Å². The molecular formula is C65H45N3O3S. The maximum absolute atomic E-state index is 6.65. The summed E-state index contributed by atoms with van der Waals surface area (Å²) in [5, 5.41) is 6.99. The van der Waals surface area contributed by atoms with Gasteiger partial charge in [0.1, 0.15) is 22.7 Å². The lowest BCUT2D eigenvalue weighted by molar-refractivity contribution is 0.415. The van der Waals surface area contributed by atoms with Gasteiger partial charge in [-0.3, -0.25) is 4.98 Å². The van der Waals surface area contributed by atoms with Gasteiger partial charge in [0.2, 0.25) is 0 Å². The number of aromatic nitrogens is 1. The van der Waals surface area contributed by atoms with Gasteiger partial charge in [0.05, 0.1) is 14.2 Å². The lowest BCUT2D eigenvalue weighted by atomic mass is 9.94. The van der Waals surface area contributed by atoms with Gasteiger partial charge >= 0.3 is 0 Å². The molecule has 3 heterocycles. The number of nitrogens with zero attached hydrogens (tertiary/aromatic N) is 3. The van der Waals surface area contributed by atoms with Crippen LogP contribution in [0.15, 0.2) is 241 Å². The predicted octanol–water partition coefficient (Wildman–Crippen LogP) is 18.5. The van der Waals surface area contributed by atoms with Crippen LogP contribution in [-0.4, -0.2) is 19.2 Å². The first-order valence-electron chi connectivity index (χ1n) is 24.0. The monoisotopic (exact) mass is 947 g/mol. The van der Waals surface area contributed by atoms with E-state index in [1.165, 1.54) is 20.2 Å². The Morgan fingerprint density at radius 3 is 1.68 bits per heavy atom. The Hall–Kier alpha value is -9.17. The van der Waals surface area contributed by atoms with Crippen LogP contribution in [0.5, 0.6) is 11.5 Å². The third-order valence-corrected chi connectivity index (χ3v) is 14.8. The van der Waals surface area contributed by atoms with Crippen molar-refractivity contribution in [1.29, 1.82) is 0 Å². The fourth-order valence-corrected chi connectivity index (χ4v) is 11.4. The predicted molar refractivity (Wildman–Crippen MR) is 301 cm³/mol. The summed E-state index contributed by atoms with van der Waals surface area (Å²) in [5.74, 6) is 1.58. The van der Waals surface area contributed by atoms with Gasteiger partial charge in [0, 0.05) is 83.0 Å². The Labute approximate surface area is 420 Å². The number of anilines is 6. The van der Waals surface area contributed by atoms with Crippen LogP contribution < -0.4 is 19.3 Å². The quantitative estimate of drug-likeness (QED) is 0.129. The van der Waals surface area contributed by atoms with Crippen LogP contribution in [-0.2, 0) is 0 Å². The number of hydrogen-bond acceptors (Lipinski definition) is 7. The van der Waals surface area contributed by atoms with Gasteiger partial charge in [-0.25, -0.2) is 0 Å². The molecule has 0 radical (unpaired) electrons. The highest BCUT2D eigenvalue weighted by molar-refractivity contribution is 7.25. The van der Waals surface area contributed by atoms with Gasteiger partial charge in [-0.05, 0) is 172 Å². The van der Waals surface area contributed by atoms with Crippen LogP contribution in [0.3, 0.4) is 0 Å². The normalized spacial score (nSPS) is 11.5. The minimum absolute atomic E-state index is 0.788. The van der Waals surface area contributed by atoms with E-state index in [0.717, 1.165) is 112 Å². The zero-order valence-electron chi connectivity index (χ0n) is 39.5. The maximum atomic E-state index is 6.65. The number of benzene rings is 10. The zero-order chi connectivity index (χ0) is 48.1. The summed E-state index contributed by atoms with van der Waals surface area (Å²) >= 11 is 1.83. The van der Waals surface area contributed by atoms with Gasteiger partial charge in [-0.2, -0.15) is 0 Å². The third kappa shape index (κ3) is 7.64. The van der Waals surface area contributed by atoms with Crippen molar-refractivity contribution >= 4 is 98.3 Å². The van der Waals surface area contributed by atoms with Gasteiger partial charge in [0.25, 0.3) is 0 Å². The first-order valence-corrected chi connectivity index (χ1v) is 24.8. The Balaban J connectivity index is 1.01. The number of para-hydroxylation sites is 1. The van der Waals surface area contributed by atoms with Crippen molar-refractivity contribution in [2.24, 2.45) is 0 Å². The molecule has 13 rings (SSSR count). The number of rotatable bonds is 11. The average Bonchev–Trinajstić information content (AvgIpc) is 4.02. The molecule has 72 heavy (non-hydrogen) atoms. The first-order chi connectivity index (χ1) is 35.6. The Morgan fingerprint density at radius 1 is 0.375 bits per heavy atom. The number of furan rings is 1. The molecule has 10 aromatic carbocycles. The minimum atomic E-state index is 0.788. The van der Waals surface area contributed by atoms with Crippen molar-refractivity contribution < 1.29 is 13.9 Å². The fourth-order valence-electron chi connectivity index (χ4n) is 10.3. The highest BCUT2D eigenvalue weighted by atomic mass is 32.1. The van der Waals surface area contributed by atoms with Crippen molar-refractivity contribution in [3.63, 3.8) is 0 Å². The van der Waals surface area contributed by atoms with Crippen LogP contribution >= 0.6 is 11.3 Å². The molecule has 0 spiro atoms. The van der Waals surface area contributed by atoms with E-state index in [1.54, 1.807) is 14.2 Å². The number of ether oxygens (including phenoxy) is 2. The molecule has 0 atom stereocenters. The molecule has 13 aromatic rings. The standard InChI is InChI=1S/C65H45N3O3S/c1-69-53-27-22-48(23-28-53)67(49-24-29-54(70-2)30-25-49)51-35-46(36-52(38-51)68(47-15-4-3-5-16-47)50-26-32-64-59(39-50)56-18-8-9-20-63(56)72-64)43-13-10-12-42(34-43)44-21-31-61-60(37-44)65-57-19-7-6-17-55(57)58(40-62(65)71-61)45-14-11-33-66-41-45/h3-41H,1-2H3. The molecule has 0 aliphatic heterocycles. The minimum Gasteiger partial charge on any atom is -0.497 e. The third-order valence-electron chi connectivity index (χ3n) is 13.7. The van der Waals surface area contributed by atoms with Gasteiger partial charge in [-0.15, -0.1) is 11.3 Å². The second kappa shape index (κ2) is 18.0. The van der Waals surface area contributed by atoms with E-state index in [4.69, 9.17) is 13.9 Å². The van der Waals surface area contributed by atoms with Crippen LogP contribution in [0.1, 0.15) is 0 Å². The number of methoxy groups -OCH3 is 2. The molecule has 0 bridgehead atoms. The Morgan fingerprint density at radius 2 is 0.972 bits per heavy atom. The van der Waals surface area contributed by atoms with Crippen LogP contribution in [0.4, 0.5) is 34.1 Å². The summed E-state index contributed by atoms with van der Waals surface area (Å²) in [4.78, 5) is 9.11. The number of fused-ring (bicyclic) bond motifs is 8. The highest BCUT2D eigenvalue weighted by Crippen LogP contribution is 2.47. The summed E-state index contributed by atoms with van der Waals surface area (Å²) < 4.78 is 20.5. The SMILES string of the molecule is COc1ccc(N(c2ccc(OC)cc2)c2cc(-c3cccc(-c4ccc5oc6cc(-c7cccnc7)c7ccccc7c6c5c4)c3)cc(N(c3ccccc3)c3ccc4sc5ccccc5c4c3)c2)cc1. The van der Waals surface area contributed by atoms with Gasteiger partial charge in [-0.1, -0.05) is 91.0 Å². The van der Waals surface area contributed by atoms with Gasteiger partial charge in [0.15, 0.2) is 0 Å². The van der Waals surface area contributed by atoms with Crippen molar-refractivity contribution in [2.45, 2.75) is 0 Å². The number of pyridine rings is 1. The molecule has 0 unspecified atom stereocenters. The molecule has 0 saturated heterocycles. The second-order valence-corrected chi connectivity index (χ2v) is 19.0. The first kappa shape index (κ1) is 42.9. The molecule has 3 aromatic heterocycles. The van der Waals surface area contributed by atoms with E-state index < -0.39 is 0 Å². The molecule has 0 fully saturated rings. The van der Waals surface area contributed by atoms with E-state index in [2.05, 4.69) is 209 Å². The summed E-state index contributed by atoms with van der Waals surface area (Å²) in [5.41, 5.74) is 14.3.